The molecule has 0 aliphatic heterocycles. The van der Waals surface area contributed by atoms with Gasteiger partial charge in [0.25, 0.3) is 0 Å². The molecule has 0 N–H and O–H groups in total. The first kappa shape index (κ1) is 67.1. The van der Waals surface area contributed by atoms with Crippen LogP contribution in [0.3, 0.4) is 0 Å². The lowest BCUT2D eigenvalue weighted by molar-refractivity contribution is -0.167. The second-order valence-corrected chi connectivity index (χ2v) is 20.2. The molecule has 6 heteroatoms. The van der Waals surface area contributed by atoms with Crippen molar-refractivity contribution in [1.29, 1.82) is 0 Å². The van der Waals surface area contributed by atoms with Crippen LogP contribution in [0.5, 0.6) is 0 Å². The number of ether oxygens (including phenoxy) is 3. The topological polar surface area (TPSA) is 78.9 Å². The van der Waals surface area contributed by atoms with Gasteiger partial charge in [0.2, 0.25) is 0 Å². The molecule has 0 aliphatic rings. The van der Waals surface area contributed by atoms with E-state index in [0.29, 0.717) is 19.3 Å². The minimum absolute atomic E-state index is 0.0683. The molecular formula is C64H114O6. The van der Waals surface area contributed by atoms with Gasteiger partial charge in [-0.15, -0.1) is 0 Å². The zero-order valence-electron chi connectivity index (χ0n) is 46.5. The monoisotopic (exact) mass is 979 g/mol. The van der Waals surface area contributed by atoms with Crippen molar-refractivity contribution in [2.75, 3.05) is 13.2 Å². The van der Waals surface area contributed by atoms with E-state index >= 15 is 0 Å². The minimum Gasteiger partial charge on any atom is -0.462 e. The van der Waals surface area contributed by atoms with E-state index in [1.165, 1.54) is 173 Å². The maximum atomic E-state index is 12.7. The van der Waals surface area contributed by atoms with Crippen LogP contribution in [0.2, 0.25) is 0 Å². The Bertz CT molecular complexity index is 1260. The van der Waals surface area contributed by atoms with Gasteiger partial charge >= 0.3 is 17.9 Å². The number of carbonyl (C=O) groups is 3. The van der Waals surface area contributed by atoms with Gasteiger partial charge in [-0.2, -0.15) is 0 Å². The van der Waals surface area contributed by atoms with E-state index in [2.05, 4.69) is 81.5 Å². The van der Waals surface area contributed by atoms with Crippen LogP contribution in [-0.4, -0.2) is 37.2 Å². The number of unbranched alkanes of at least 4 members (excludes halogenated alkanes) is 34. The summed E-state index contributed by atoms with van der Waals surface area (Å²) >= 11 is 0. The van der Waals surface area contributed by atoms with Gasteiger partial charge in [0, 0.05) is 19.3 Å². The van der Waals surface area contributed by atoms with Crippen LogP contribution in [0.15, 0.2) is 60.8 Å². The summed E-state index contributed by atoms with van der Waals surface area (Å²) in [6, 6.07) is 0. The van der Waals surface area contributed by atoms with Crippen LogP contribution >= 0.6 is 0 Å². The predicted molar refractivity (Wildman–Crippen MR) is 302 cm³/mol. The largest absolute Gasteiger partial charge is 0.462 e. The Kier molecular flexibility index (Phi) is 56.3. The van der Waals surface area contributed by atoms with E-state index < -0.39 is 6.10 Å². The van der Waals surface area contributed by atoms with Gasteiger partial charge in [0.1, 0.15) is 13.2 Å². The highest BCUT2D eigenvalue weighted by Crippen LogP contribution is 2.17. The Morgan fingerprint density at radius 3 is 0.871 bits per heavy atom. The molecule has 0 saturated carbocycles. The van der Waals surface area contributed by atoms with Gasteiger partial charge in [0.05, 0.1) is 0 Å². The zero-order chi connectivity index (χ0) is 50.7. The third-order valence-corrected chi connectivity index (χ3v) is 13.3. The third-order valence-electron chi connectivity index (χ3n) is 13.3. The summed E-state index contributed by atoms with van der Waals surface area (Å²) < 4.78 is 16.7. The van der Waals surface area contributed by atoms with Gasteiger partial charge < -0.3 is 14.2 Å². The Hall–Kier alpha value is -2.89. The minimum atomic E-state index is -0.764. The van der Waals surface area contributed by atoms with Crippen LogP contribution in [0.1, 0.15) is 310 Å². The Labute approximate surface area is 434 Å². The first-order valence-corrected chi connectivity index (χ1v) is 30.3. The van der Waals surface area contributed by atoms with Crippen molar-refractivity contribution in [3.05, 3.63) is 60.8 Å². The van der Waals surface area contributed by atoms with Gasteiger partial charge in [-0.05, 0) is 64.2 Å². The summed E-state index contributed by atoms with van der Waals surface area (Å²) in [5.41, 5.74) is 0. The Morgan fingerprint density at radius 2 is 0.557 bits per heavy atom. The summed E-state index contributed by atoms with van der Waals surface area (Å²) in [4.78, 5) is 37.7. The normalized spacial score (nSPS) is 12.4. The molecule has 0 aromatic rings. The highest BCUT2D eigenvalue weighted by molar-refractivity contribution is 5.71. The lowest BCUT2D eigenvalue weighted by atomic mass is 10.0. The molecule has 0 rings (SSSR count). The molecule has 406 valence electrons. The molecule has 0 saturated heterocycles. The molecule has 1 atom stereocenters. The van der Waals surface area contributed by atoms with Crippen LogP contribution in [0, 0.1) is 0 Å². The van der Waals surface area contributed by atoms with E-state index in [0.717, 1.165) is 96.3 Å². The smallest absolute Gasteiger partial charge is 0.306 e. The number of carbonyl (C=O) groups excluding carboxylic acids is 3. The lowest BCUT2D eigenvalue weighted by Gasteiger charge is -2.18. The van der Waals surface area contributed by atoms with Gasteiger partial charge in [-0.3, -0.25) is 14.4 Å². The maximum absolute atomic E-state index is 12.7. The molecule has 0 aromatic heterocycles. The number of rotatable bonds is 55. The average Bonchev–Trinajstić information content (AvgIpc) is 3.36. The molecule has 0 bridgehead atoms. The average molecular weight is 980 g/mol. The Balaban J connectivity index is 3.85. The summed E-state index contributed by atoms with van der Waals surface area (Å²) in [7, 11) is 0. The number of hydrogen-bond acceptors (Lipinski definition) is 6. The molecule has 0 radical (unpaired) electrons. The van der Waals surface area contributed by atoms with Gasteiger partial charge in [-0.25, -0.2) is 0 Å². The van der Waals surface area contributed by atoms with Gasteiger partial charge in [0.15, 0.2) is 6.10 Å². The van der Waals surface area contributed by atoms with E-state index in [1.54, 1.807) is 0 Å². The molecule has 0 amide bonds. The molecule has 0 aromatic carbocycles. The van der Waals surface area contributed by atoms with Crippen molar-refractivity contribution < 1.29 is 28.6 Å². The van der Waals surface area contributed by atoms with E-state index in [9.17, 15) is 14.4 Å². The van der Waals surface area contributed by atoms with Crippen LogP contribution in [0.25, 0.3) is 0 Å². The molecule has 1 unspecified atom stereocenters. The number of esters is 3. The van der Waals surface area contributed by atoms with E-state index in [-0.39, 0.29) is 31.1 Å². The first-order chi connectivity index (χ1) is 34.5. The predicted octanol–water partition coefficient (Wildman–Crippen LogP) is 20.4. The van der Waals surface area contributed by atoms with Crippen LogP contribution < -0.4 is 0 Å². The van der Waals surface area contributed by atoms with Crippen molar-refractivity contribution >= 4 is 17.9 Å². The highest BCUT2D eigenvalue weighted by Gasteiger charge is 2.19. The molecule has 6 nitrogen and oxygen atoms in total. The fourth-order valence-corrected chi connectivity index (χ4v) is 8.77. The second kappa shape index (κ2) is 58.7. The van der Waals surface area contributed by atoms with Gasteiger partial charge in [-0.1, -0.05) is 287 Å². The zero-order valence-corrected chi connectivity index (χ0v) is 46.5. The molecular weight excluding hydrogens is 865 g/mol. The molecule has 0 spiro atoms. The Morgan fingerprint density at radius 1 is 0.300 bits per heavy atom. The molecule has 0 heterocycles. The fourth-order valence-electron chi connectivity index (χ4n) is 8.77. The summed E-state index contributed by atoms with van der Waals surface area (Å²) in [5.74, 6) is -0.869. The maximum Gasteiger partial charge on any atom is 0.306 e. The van der Waals surface area contributed by atoms with Crippen LogP contribution in [0.4, 0.5) is 0 Å². The SMILES string of the molecule is CC/C=C\C/C=C\C/C=C\C/C=C\C/C=C\CCCCCCCCCCCCCCCCCCCCCC(=O)OCC(COC(=O)CCCCCCC)OC(=O)CCCCCCCCCCCCCC. The quantitative estimate of drug-likeness (QED) is 0.0261. The molecule has 0 fully saturated rings. The lowest BCUT2D eigenvalue weighted by Crippen LogP contribution is -2.30. The summed E-state index contributed by atoms with van der Waals surface area (Å²) in [6.45, 7) is 6.46. The van der Waals surface area contributed by atoms with Crippen LogP contribution in [-0.2, 0) is 28.6 Å². The van der Waals surface area contributed by atoms with Crippen molar-refractivity contribution in [1.82, 2.24) is 0 Å². The van der Waals surface area contributed by atoms with Crippen molar-refractivity contribution in [3.63, 3.8) is 0 Å². The fraction of sp³-hybridized carbons (Fsp3) is 0.797. The third kappa shape index (κ3) is 56.0. The van der Waals surface area contributed by atoms with Crippen molar-refractivity contribution in [3.8, 4) is 0 Å². The molecule has 0 aliphatic carbocycles. The van der Waals surface area contributed by atoms with Crippen molar-refractivity contribution in [2.24, 2.45) is 0 Å². The summed E-state index contributed by atoms with van der Waals surface area (Å²) in [5, 5.41) is 0. The van der Waals surface area contributed by atoms with E-state index in [4.69, 9.17) is 14.2 Å². The van der Waals surface area contributed by atoms with Crippen molar-refractivity contribution in [2.45, 2.75) is 316 Å². The van der Waals surface area contributed by atoms with E-state index in [1.807, 2.05) is 0 Å². The highest BCUT2D eigenvalue weighted by atomic mass is 16.6. The second-order valence-electron chi connectivity index (χ2n) is 20.2. The summed E-state index contributed by atoms with van der Waals surface area (Å²) in [6.07, 6.45) is 74.3. The number of allylic oxidation sites excluding steroid dienone is 10. The molecule has 70 heavy (non-hydrogen) atoms. The first-order valence-electron chi connectivity index (χ1n) is 30.3. The standard InChI is InChI=1S/C64H114O6/c1-4-7-10-13-15-17-19-21-22-23-24-25-26-27-28-29-30-31-32-33-34-35-36-37-38-39-40-41-42-43-45-46-48-51-54-57-63(66)69-60-61(59-68-62(65)56-53-50-12-9-6-3)70-64(67)58-55-52-49-47-44-20-18-16-14-11-8-5-2/h7,10,15,17,21-22,24-25,27-28,61H,4-6,8-9,11-14,16,18-20,23,26,29-60H2,1-3H3/b10-7-,17-15-,22-21-,25-24-,28-27-. The number of hydrogen-bond donors (Lipinski definition) is 0.